The Labute approximate surface area is 228 Å². The number of allylic oxidation sites excluding steroid dienone is 1. The first kappa shape index (κ1) is 24.0. The van der Waals surface area contributed by atoms with E-state index in [-0.39, 0.29) is 6.04 Å². The van der Waals surface area contributed by atoms with Gasteiger partial charge in [0.25, 0.3) is 0 Å². The maximum atomic E-state index is 5.61. The van der Waals surface area contributed by atoms with Crippen LogP contribution in [0.15, 0.2) is 85.7 Å². The summed E-state index contributed by atoms with van der Waals surface area (Å²) < 4.78 is 7.67. The lowest BCUT2D eigenvalue weighted by Gasteiger charge is -2.52. The third-order valence-corrected chi connectivity index (χ3v) is 8.73. The highest BCUT2D eigenvalue weighted by molar-refractivity contribution is 5.84. The summed E-state index contributed by atoms with van der Waals surface area (Å²) in [7, 11) is 1.71. The fraction of sp³-hybridized carbons (Fsp3) is 0.312. The summed E-state index contributed by atoms with van der Waals surface area (Å²) in [6, 6.07) is 20.8. The number of nitrogens with zero attached hydrogens (tertiary/aromatic N) is 6. The lowest BCUT2D eigenvalue weighted by atomic mass is 9.72. The molecule has 0 N–H and O–H groups in total. The minimum absolute atomic E-state index is 0.0169. The molecule has 8 rings (SSSR count). The molecule has 5 aromatic rings. The average molecular weight is 517 g/mol. The Morgan fingerprint density at radius 3 is 2.85 bits per heavy atom. The molecule has 0 amide bonds. The zero-order valence-corrected chi connectivity index (χ0v) is 22.1. The number of hydrogen-bond donors (Lipinski definition) is 0. The molecule has 2 bridgehead atoms. The van der Waals surface area contributed by atoms with Gasteiger partial charge in [0.05, 0.1) is 36.1 Å². The van der Waals surface area contributed by atoms with Crippen LogP contribution in [0.25, 0.3) is 33.2 Å². The van der Waals surface area contributed by atoms with Gasteiger partial charge in [0.2, 0.25) is 0 Å². The van der Waals surface area contributed by atoms with E-state index in [2.05, 4.69) is 62.8 Å². The molecule has 4 unspecified atom stereocenters. The van der Waals surface area contributed by atoms with Crippen molar-refractivity contribution in [2.24, 2.45) is 11.8 Å². The van der Waals surface area contributed by atoms with Crippen LogP contribution in [0.2, 0.25) is 0 Å². The van der Waals surface area contributed by atoms with Gasteiger partial charge in [-0.15, -0.1) is 11.7 Å². The van der Waals surface area contributed by atoms with Gasteiger partial charge in [-0.25, -0.2) is 9.67 Å². The summed E-state index contributed by atoms with van der Waals surface area (Å²) in [5, 5.41) is 11.6. The third kappa shape index (κ3) is 4.27. The second-order valence-electron chi connectivity index (χ2n) is 10.8. The van der Waals surface area contributed by atoms with Crippen molar-refractivity contribution in [3.63, 3.8) is 0 Å². The number of pyridine rings is 2. The fourth-order valence-electron chi connectivity index (χ4n) is 6.79. The van der Waals surface area contributed by atoms with Gasteiger partial charge in [0.15, 0.2) is 0 Å². The highest BCUT2D eigenvalue weighted by atomic mass is 16.5. The predicted octanol–water partition coefficient (Wildman–Crippen LogP) is 5.93. The van der Waals surface area contributed by atoms with Crippen molar-refractivity contribution < 1.29 is 4.74 Å². The Kier molecular flexibility index (Phi) is 6.08. The molecular weight excluding hydrogens is 484 g/mol. The molecule has 7 heteroatoms. The molecule has 2 aromatic carbocycles. The van der Waals surface area contributed by atoms with Crippen LogP contribution in [0.3, 0.4) is 0 Å². The molecule has 3 aliphatic rings. The molecule has 3 aliphatic heterocycles. The minimum atomic E-state index is -0.0169. The first-order valence-electron chi connectivity index (χ1n) is 13.8. The van der Waals surface area contributed by atoms with Gasteiger partial charge in [-0.2, -0.15) is 0 Å². The molecule has 0 spiro atoms. The van der Waals surface area contributed by atoms with Gasteiger partial charge < -0.3 is 4.74 Å². The Morgan fingerprint density at radius 2 is 2.00 bits per heavy atom. The molecule has 196 valence electrons. The van der Waals surface area contributed by atoms with Gasteiger partial charge in [-0.05, 0) is 79.6 Å². The van der Waals surface area contributed by atoms with E-state index in [9.17, 15) is 0 Å². The van der Waals surface area contributed by atoms with Crippen LogP contribution < -0.4 is 4.74 Å². The van der Waals surface area contributed by atoms with Crippen molar-refractivity contribution in [3.8, 4) is 17.1 Å². The SMILES string of the molecule is C=CCC1CN2CCC1CC2[C@@H](c1ccnc2ccc(OC)cc12)n1cc(-c2ccc3ccccc3n2)nn1. The van der Waals surface area contributed by atoms with Crippen LogP contribution in [0.1, 0.15) is 30.9 Å². The lowest BCUT2D eigenvalue weighted by molar-refractivity contribution is -0.0149. The zero-order valence-electron chi connectivity index (χ0n) is 22.1. The summed E-state index contributed by atoms with van der Waals surface area (Å²) in [6.07, 6.45) is 9.52. The molecule has 0 aliphatic carbocycles. The van der Waals surface area contributed by atoms with Crippen molar-refractivity contribution in [2.75, 3.05) is 20.2 Å². The molecule has 7 nitrogen and oxygen atoms in total. The standard InChI is InChI=1S/C32H32N6O/c1-3-6-23-19-37-16-14-22(23)17-31(37)32(25-13-15-33-28-12-10-24(39-2)18-26(25)28)38-20-30(35-36-38)29-11-9-21-7-4-5-8-27(21)34-29/h3-5,7-13,15,18,20,22-23,31-32H,1,6,14,16-17,19H2,2H3/t22?,23?,31?,32-/m1/s1. The summed E-state index contributed by atoms with van der Waals surface area (Å²) in [4.78, 5) is 12.2. The van der Waals surface area contributed by atoms with E-state index in [1.54, 1.807) is 7.11 Å². The molecule has 3 saturated heterocycles. The Morgan fingerprint density at radius 1 is 1.08 bits per heavy atom. The van der Waals surface area contributed by atoms with Crippen LogP contribution in [-0.4, -0.2) is 56.1 Å². The maximum Gasteiger partial charge on any atom is 0.131 e. The second kappa shape index (κ2) is 9.89. The number of aromatic nitrogens is 5. The number of hydrogen-bond acceptors (Lipinski definition) is 6. The summed E-state index contributed by atoms with van der Waals surface area (Å²) >= 11 is 0. The molecule has 5 atom stereocenters. The van der Waals surface area contributed by atoms with Crippen LogP contribution in [0, 0.1) is 11.8 Å². The van der Waals surface area contributed by atoms with Gasteiger partial charge in [-0.3, -0.25) is 9.88 Å². The number of methoxy groups -OCH3 is 1. The van der Waals surface area contributed by atoms with Gasteiger partial charge >= 0.3 is 0 Å². The third-order valence-electron chi connectivity index (χ3n) is 8.73. The van der Waals surface area contributed by atoms with E-state index in [0.29, 0.717) is 17.9 Å². The molecule has 39 heavy (non-hydrogen) atoms. The smallest absolute Gasteiger partial charge is 0.131 e. The molecule has 3 aromatic heterocycles. The van der Waals surface area contributed by atoms with Crippen LogP contribution in [0.4, 0.5) is 0 Å². The first-order valence-corrected chi connectivity index (χ1v) is 13.8. The van der Waals surface area contributed by atoms with E-state index in [1.807, 2.05) is 42.6 Å². The van der Waals surface area contributed by atoms with E-state index in [1.165, 1.54) is 12.0 Å². The van der Waals surface area contributed by atoms with Crippen molar-refractivity contribution >= 4 is 21.8 Å². The largest absolute Gasteiger partial charge is 0.497 e. The fourth-order valence-corrected chi connectivity index (χ4v) is 6.79. The van der Waals surface area contributed by atoms with E-state index in [0.717, 1.165) is 64.9 Å². The first-order chi connectivity index (χ1) is 19.2. The monoisotopic (exact) mass is 516 g/mol. The summed E-state index contributed by atoms with van der Waals surface area (Å²) in [6.45, 7) is 6.23. The number of rotatable bonds is 7. The molecule has 0 saturated carbocycles. The van der Waals surface area contributed by atoms with Crippen LogP contribution >= 0.6 is 0 Å². The molecular formula is C32H32N6O. The number of fused-ring (bicyclic) bond motifs is 5. The summed E-state index contributed by atoms with van der Waals surface area (Å²) in [5.74, 6) is 2.19. The van der Waals surface area contributed by atoms with Gasteiger partial charge in [0.1, 0.15) is 11.4 Å². The Hall–Kier alpha value is -4.10. The van der Waals surface area contributed by atoms with Gasteiger partial charge in [0, 0.05) is 29.6 Å². The van der Waals surface area contributed by atoms with E-state index < -0.39 is 0 Å². The Balaban J connectivity index is 1.34. The van der Waals surface area contributed by atoms with Crippen LogP contribution in [0.5, 0.6) is 5.75 Å². The van der Waals surface area contributed by atoms with E-state index >= 15 is 0 Å². The number of para-hydroxylation sites is 1. The second-order valence-corrected chi connectivity index (χ2v) is 10.8. The average Bonchev–Trinajstić information content (AvgIpc) is 3.47. The highest BCUT2D eigenvalue weighted by Gasteiger charge is 2.44. The zero-order chi connectivity index (χ0) is 26.3. The van der Waals surface area contributed by atoms with E-state index in [4.69, 9.17) is 14.9 Å². The topological polar surface area (TPSA) is 69.0 Å². The lowest BCUT2D eigenvalue weighted by Crippen LogP contribution is -2.56. The number of ether oxygens (including phenoxy) is 1. The quantitative estimate of drug-likeness (QED) is 0.250. The minimum Gasteiger partial charge on any atom is -0.497 e. The number of piperidine rings is 3. The summed E-state index contributed by atoms with van der Waals surface area (Å²) in [5.41, 5.74) is 4.71. The van der Waals surface area contributed by atoms with Crippen molar-refractivity contribution in [3.05, 3.63) is 91.3 Å². The predicted molar refractivity (Wildman–Crippen MR) is 154 cm³/mol. The molecule has 3 fully saturated rings. The molecule has 6 heterocycles. The highest BCUT2D eigenvalue weighted by Crippen LogP contribution is 2.44. The normalized spacial score (nSPS) is 23.2. The maximum absolute atomic E-state index is 5.61. The van der Waals surface area contributed by atoms with Crippen LogP contribution in [-0.2, 0) is 0 Å². The Bertz CT molecular complexity index is 1660. The molecule has 0 radical (unpaired) electrons. The van der Waals surface area contributed by atoms with Crippen molar-refractivity contribution in [1.29, 1.82) is 0 Å². The number of benzene rings is 2. The van der Waals surface area contributed by atoms with Gasteiger partial charge in [-0.1, -0.05) is 35.6 Å². The van der Waals surface area contributed by atoms with Crippen molar-refractivity contribution in [1.82, 2.24) is 29.9 Å². The van der Waals surface area contributed by atoms with Crippen molar-refractivity contribution in [2.45, 2.75) is 31.3 Å².